The third-order valence-electron chi connectivity index (χ3n) is 6.22. The second-order valence-electron chi connectivity index (χ2n) is 8.49. The predicted molar refractivity (Wildman–Crippen MR) is 138 cm³/mol. The number of carbonyl (C=O) groups is 1. The van der Waals surface area contributed by atoms with Crippen LogP contribution < -0.4 is 5.32 Å². The van der Waals surface area contributed by atoms with Crippen molar-refractivity contribution in [2.45, 2.75) is 26.9 Å². The van der Waals surface area contributed by atoms with Gasteiger partial charge in [0.2, 0.25) is 0 Å². The summed E-state index contributed by atoms with van der Waals surface area (Å²) in [7, 11) is 0. The second kappa shape index (κ2) is 9.20. The van der Waals surface area contributed by atoms with Gasteiger partial charge < -0.3 is 9.88 Å². The lowest BCUT2D eigenvalue weighted by Gasteiger charge is -2.09. The molecular formula is C28H25ClN4O. The van der Waals surface area contributed by atoms with Gasteiger partial charge in [-0.15, -0.1) is 0 Å². The summed E-state index contributed by atoms with van der Waals surface area (Å²) >= 11 is 5.96. The van der Waals surface area contributed by atoms with Gasteiger partial charge in [-0.05, 0) is 60.9 Å². The number of amides is 1. The smallest absolute Gasteiger partial charge is 0.256 e. The van der Waals surface area contributed by atoms with Crippen molar-refractivity contribution in [2.75, 3.05) is 5.32 Å². The molecular weight excluding hydrogens is 444 g/mol. The molecule has 0 saturated heterocycles. The average Bonchev–Trinajstić information content (AvgIpc) is 3.38. The van der Waals surface area contributed by atoms with Crippen molar-refractivity contribution in [2.24, 2.45) is 0 Å². The number of rotatable bonds is 6. The highest BCUT2D eigenvalue weighted by molar-refractivity contribution is 6.30. The topological polar surface area (TPSA) is 51.9 Å². The highest BCUT2D eigenvalue weighted by atomic mass is 35.5. The summed E-state index contributed by atoms with van der Waals surface area (Å²) in [5, 5.41) is 9.20. The average molecular weight is 469 g/mol. The molecule has 0 aliphatic carbocycles. The van der Waals surface area contributed by atoms with Gasteiger partial charge in [-0.3, -0.25) is 9.48 Å². The fourth-order valence-electron chi connectivity index (χ4n) is 4.24. The lowest BCUT2D eigenvalue weighted by Crippen LogP contribution is -2.13. The van der Waals surface area contributed by atoms with Gasteiger partial charge in [-0.1, -0.05) is 54.1 Å². The van der Waals surface area contributed by atoms with Gasteiger partial charge in [0.15, 0.2) is 5.82 Å². The molecule has 5 nitrogen and oxygen atoms in total. The Morgan fingerprint density at radius 2 is 1.65 bits per heavy atom. The fraction of sp³-hybridized carbons (Fsp3) is 0.143. The molecule has 5 rings (SSSR count). The molecule has 0 saturated carbocycles. The van der Waals surface area contributed by atoms with E-state index in [0.29, 0.717) is 22.9 Å². The molecule has 0 atom stereocenters. The van der Waals surface area contributed by atoms with Gasteiger partial charge in [0.1, 0.15) is 0 Å². The summed E-state index contributed by atoms with van der Waals surface area (Å²) in [6, 6.07) is 25.7. The van der Waals surface area contributed by atoms with Crippen LogP contribution in [-0.2, 0) is 13.1 Å². The molecule has 0 aliphatic heterocycles. The highest BCUT2D eigenvalue weighted by Gasteiger charge is 2.15. The number of aromatic nitrogens is 3. The maximum Gasteiger partial charge on any atom is 0.256 e. The van der Waals surface area contributed by atoms with Crippen LogP contribution in [0.2, 0.25) is 5.02 Å². The first-order valence-corrected chi connectivity index (χ1v) is 11.6. The Bertz CT molecular complexity index is 1470. The van der Waals surface area contributed by atoms with E-state index in [-0.39, 0.29) is 5.91 Å². The number of hydrogen-bond acceptors (Lipinski definition) is 2. The number of benzene rings is 3. The largest absolute Gasteiger partial charge is 0.340 e. The van der Waals surface area contributed by atoms with Gasteiger partial charge in [-0.25, -0.2) is 0 Å². The van der Waals surface area contributed by atoms with Gasteiger partial charge >= 0.3 is 0 Å². The molecule has 2 heterocycles. The SMILES string of the molecule is Cc1c(C)n(Cc2ccccc2)c2ccc(C(=O)Nc3ccn(Cc4ccc(Cl)cc4)n3)cc12. The molecule has 0 fully saturated rings. The molecule has 3 aromatic carbocycles. The molecule has 5 aromatic rings. The Kier molecular flexibility index (Phi) is 5.95. The summed E-state index contributed by atoms with van der Waals surface area (Å²) < 4.78 is 4.10. The molecule has 1 amide bonds. The number of halogens is 1. The van der Waals surface area contributed by atoms with E-state index < -0.39 is 0 Å². The lowest BCUT2D eigenvalue weighted by molar-refractivity contribution is 0.102. The summed E-state index contributed by atoms with van der Waals surface area (Å²) in [5.74, 6) is 0.347. The summed E-state index contributed by atoms with van der Waals surface area (Å²) in [6.45, 7) is 5.64. The first kappa shape index (κ1) is 22.0. The van der Waals surface area contributed by atoms with Crippen molar-refractivity contribution in [3.05, 3.63) is 118 Å². The zero-order chi connectivity index (χ0) is 23.7. The zero-order valence-electron chi connectivity index (χ0n) is 19.1. The van der Waals surface area contributed by atoms with Crippen LogP contribution in [0.3, 0.4) is 0 Å². The number of nitrogens with one attached hydrogen (secondary N) is 1. The number of carbonyl (C=O) groups excluding carboxylic acids is 1. The van der Waals surface area contributed by atoms with Crippen LogP contribution in [0, 0.1) is 13.8 Å². The molecule has 34 heavy (non-hydrogen) atoms. The van der Waals surface area contributed by atoms with E-state index in [1.807, 2.05) is 54.7 Å². The third-order valence-corrected chi connectivity index (χ3v) is 6.48. The van der Waals surface area contributed by atoms with E-state index in [4.69, 9.17) is 11.6 Å². The molecule has 1 N–H and O–H groups in total. The Labute approximate surface area is 203 Å². The normalized spacial score (nSPS) is 11.1. The molecule has 0 spiro atoms. The van der Waals surface area contributed by atoms with Gasteiger partial charge in [-0.2, -0.15) is 5.10 Å². The van der Waals surface area contributed by atoms with Crippen molar-refractivity contribution in [1.29, 1.82) is 0 Å². The van der Waals surface area contributed by atoms with Crippen molar-refractivity contribution in [1.82, 2.24) is 14.3 Å². The molecule has 0 unspecified atom stereocenters. The summed E-state index contributed by atoms with van der Waals surface area (Å²) in [6.07, 6.45) is 1.85. The van der Waals surface area contributed by atoms with Gasteiger partial charge in [0.25, 0.3) is 5.91 Å². The maximum absolute atomic E-state index is 13.0. The number of hydrogen-bond donors (Lipinski definition) is 1. The Morgan fingerprint density at radius 1 is 0.912 bits per heavy atom. The van der Waals surface area contributed by atoms with Gasteiger partial charge in [0.05, 0.1) is 6.54 Å². The highest BCUT2D eigenvalue weighted by Crippen LogP contribution is 2.27. The van der Waals surface area contributed by atoms with Crippen LogP contribution in [0.4, 0.5) is 5.82 Å². The van der Waals surface area contributed by atoms with E-state index in [1.165, 1.54) is 16.8 Å². The van der Waals surface area contributed by atoms with Gasteiger partial charge in [0, 0.05) is 46.0 Å². The van der Waals surface area contributed by atoms with Crippen molar-refractivity contribution < 1.29 is 4.79 Å². The molecule has 0 bridgehead atoms. The second-order valence-corrected chi connectivity index (χ2v) is 8.93. The predicted octanol–water partition coefficient (Wildman–Crippen LogP) is 6.46. The van der Waals surface area contributed by atoms with Crippen molar-refractivity contribution in [3.63, 3.8) is 0 Å². The Balaban J connectivity index is 1.34. The van der Waals surface area contributed by atoms with Crippen LogP contribution in [0.1, 0.15) is 32.7 Å². The minimum Gasteiger partial charge on any atom is -0.340 e. The summed E-state index contributed by atoms with van der Waals surface area (Å²) in [4.78, 5) is 13.0. The number of nitrogens with zero attached hydrogens (tertiary/aromatic N) is 3. The number of aryl methyl sites for hydroxylation is 1. The molecule has 2 aromatic heterocycles. The number of anilines is 1. The summed E-state index contributed by atoms with van der Waals surface area (Å²) in [5.41, 5.74) is 6.47. The van der Waals surface area contributed by atoms with Crippen molar-refractivity contribution in [3.8, 4) is 0 Å². The molecule has 0 aliphatic rings. The first-order valence-electron chi connectivity index (χ1n) is 11.2. The van der Waals surface area contributed by atoms with E-state index in [9.17, 15) is 4.79 Å². The van der Waals surface area contributed by atoms with Crippen LogP contribution in [0.15, 0.2) is 85.1 Å². The lowest BCUT2D eigenvalue weighted by atomic mass is 10.1. The van der Waals surface area contributed by atoms with Crippen molar-refractivity contribution >= 4 is 34.2 Å². The van der Waals surface area contributed by atoms with Crippen LogP contribution in [-0.4, -0.2) is 20.3 Å². The van der Waals surface area contributed by atoms with E-state index in [0.717, 1.165) is 23.0 Å². The number of fused-ring (bicyclic) bond motifs is 1. The minimum absolute atomic E-state index is 0.175. The Morgan fingerprint density at radius 3 is 2.41 bits per heavy atom. The van der Waals surface area contributed by atoms with Crippen LogP contribution in [0.5, 0.6) is 0 Å². The molecule has 6 heteroatoms. The van der Waals surface area contributed by atoms with E-state index >= 15 is 0 Å². The fourth-order valence-corrected chi connectivity index (χ4v) is 4.37. The Hall–Kier alpha value is -3.83. The maximum atomic E-state index is 13.0. The molecule has 170 valence electrons. The quantitative estimate of drug-likeness (QED) is 0.311. The third kappa shape index (κ3) is 4.47. The van der Waals surface area contributed by atoms with Crippen LogP contribution in [0.25, 0.3) is 10.9 Å². The standard InChI is InChI=1S/C28H25ClN4O/c1-19-20(2)33(18-21-6-4-3-5-7-21)26-13-10-23(16-25(19)26)28(34)30-27-14-15-32(31-27)17-22-8-11-24(29)12-9-22/h3-16H,17-18H2,1-2H3,(H,30,31,34). The molecule has 0 radical (unpaired) electrons. The zero-order valence-corrected chi connectivity index (χ0v) is 19.9. The minimum atomic E-state index is -0.175. The van der Waals surface area contributed by atoms with E-state index in [1.54, 1.807) is 10.7 Å². The van der Waals surface area contributed by atoms with E-state index in [2.05, 4.69) is 53.1 Å². The first-order chi connectivity index (χ1) is 16.5. The van der Waals surface area contributed by atoms with Crippen LogP contribution >= 0.6 is 11.6 Å². The monoisotopic (exact) mass is 468 g/mol.